The highest BCUT2D eigenvalue weighted by molar-refractivity contribution is 5.72. The number of nitro benzene ring substituents is 1. The summed E-state index contributed by atoms with van der Waals surface area (Å²) in [5.74, 6) is 0. The fourth-order valence-corrected chi connectivity index (χ4v) is 1.71. The van der Waals surface area contributed by atoms with E-state index in [-0.39, 0.29) is 10.6 Å². The summed E-state index contributed by atoms with van der Waals surface area (Å²) in [4.78, 5) is 10.6. The average Bonchev–Trinajstić information content (AvgIpc) is 2.77. The minimum Gasteiger partial charge on any atom is -0.316 e. The molecule has 0 atom stereocenters. The largest absolute Gasteiger partial charge is 0.316 e. The van der Waals surface area contributed by atoms with Crippen LogP contribution in [-0.2, 0) is 6.54 Å². The van der Waals surface area contributed by atoms with Gasteiger partial charge in [-0.2, -0.15) is 5.10 Å². The molecular formula is C11H12N4O2. The van der Waals surface area contributed by atoms with Crippen LogP contribution in [-0.4, -0.2) is 22.2 Å². The molecule has 0 spiro atoms. The topological polar surface area (TPSA) is 83.8 Å². The van der Waals surface area contributed by atoms with Crippen molar-refractivity contribution in [3.63, 3.8) is 0 Å². The van der Waals surface area contributed by atoms with Gasteiger partial charge in [-0.15, -0.1) is 0 Å². The summed E-state index contributed by atoms with van der Waals surface area (Å²) in [5.41, 5.74) is 2.22. The first-order valence-corrected chi connectivity index (χ1v) is 5.14. The molecule has 0 unspecified atom stereocenters. The van der Waals surface area contributed by atoms with Gasteiger partial charge in [0.05, 0.1) is 22.4 Å². The zero-order chi connectivity index (χ0) is 12.3. The van der Waals surface area contributed by atoms with Crippen molar-refractivity contribution in [1.82, 2.24) is 15.5 Å². The summed E-state index contributed by atoms with van der Waals surface area (Å²) < 4.78 is 0. The predicted molar refractivity (Wildman–Crippen MR) is 63.4 cm³/mol. The molecule has 0 aliphatic rings. The Hall–Kier alpha value is -2.21. The Morgan fingerprint density at radius 2 is 2.24 bits per heavy atom. The number of nitrogens with zero attached hydrogens (tertiary/aromatic N) is 2. The highest BCUT2D eigenvalue weighted by Gasteiger charge is 2.17. The third kappa shape index (κ3) is 2.16. The molecule has 0 saturated carbocycles. The normalized spacial score (nSPS) is 10.4. The van der Waals surface area contributed by atoms with Crippen molar-refractivity contribution in [3.05, 3.63) is 46.1 Å². The lowest BCUT2D eigenvalue weighted by Gasteiger charge is -2.03. The zero-order valence-electron chi connectivity index (χ0n) is 9.30. The lowest BCUT2D eigenvalue weighted by molar-refractivity contribution is -0.384. The number of nitrogens with one attached hydrogen (secondary N) is 2. The number of para-hydroxylation sites is 1. The second kappa shape index (κ2) is 4.75. The van der Waals surface area contributed by atoms with E-state index in [4.69, 9.17) is 0 Å². The second-order valence-corrected chi connectivity index (χ2v) is 3.57. The van der Waals surface area contributed by atoms with Gasteiger partial charge in [-0.3, -0.25) is 15.2 Å². The van der Waals surface area contributed by atoms with E-state index in [1.165, 1.54) is 6.07 Å². The van der Waals surface area contributed by atoms with Gasteiger partial charge in [0.1, 0.15) is 0 Å². The molecule has 2 rings (SSSR count). The second-order valence-electron chi connectivity index (χ2n) is 3.57. The van der Waals surface area contributed by atoms with Gasteiger partial charge in [-0.1, -0.05) is 12.1 Å². The van der Waals surface area contributed by atoms with Crippen LogP contribution in [0.4, 0.5) is 5.69 Å². The molecule has 1 heterocycles. The number of aromatic nitrogens is 2. The van der Waals surface area contributed by atoms with Gasteiger partial charge in [-0.25, -0.2) is 0 Å². The maximum atomic E-state index is 10.9. The van der Waals surface area contributed by atoms with Crippen molar-refractivity contribution in [2.45, 2.75) is 6.54 Å². The average molecular weight is 232 g/mol. The van der Waals surface area contributed by atoms with Crippen molar-refractivity contribution < 1.29 is 4.92 Å². The molecule has 6 nitrogen and oxygen atoms in total. The summed E-state index contributed by atoms with van der Waals surface area (Å²) in [5, 5.41) is 20.7. The van der Waals surface area contributed by atoms with E-state index in [1.54, 1.807) is 24.4 Å². The van der Waals surface area contributed by atoms with E-state index < -0.39 is 0 Å². The third-order valence-electron chi connectivity index (χ3n) is 2.46. The molecule has 6 heteroatoms. The van der Waals surface area contributed by atoms with E-state index in [1.807, 2.05) is 7.05 Å². The lowest BCUT2D eigenvalue weighted by atomic mass is 10.1. The molecule has 0 aliphatic heterocycles. The predicted octanol–water partition coefficient (Wildman–Crippen LogP) is 1.70. The summed E-state index contributed by atoms with van der Waals surface area (Å²) in [6, 6.07) is 6.62. The Morgan fingerprint density at radius 1 is 1.47 bits per heavy atom. The zero-order valence-corrected chi connectivity index (χ0v) is 9.30. The molecule has 0 amide bonds. The van der Waals surface area contributed by atoms with Gasteiger partial charge < -0.3 is 5.32 Å². The number of aromatic amines is 1. The molecular weight excluding hydrogens is 220 g/mol. The molecule has 0 fully saturated rings. The molecule has 2 N–H and O–H groups in total. The molecule has 1 aromatic heterocycles. The number of hydrogen-bond donors (Lipinski definition) is 2. The Kier molecular flexibility index (Phi) is 3.15. The van der Waals surface area contributed by atoms with Crippen LogP contribution < -0.4 is 5.32 Å². The van der Waals surface area contributed by atoms with Crippen molar-refractivity contribution in [2.24, 2.45) is 0 Å². The van der Waals surface area contributed by atoms with Crippen LogP contribution in [0.15, 0.2) is 30.5 Å². The van der Waals surface area contributed by atoms with Crippen molar-refractivity contribution in [2.75, 3.05) is 7.05 Å². The van der Waals surface area contributed by atoms with E-state index in [0.29, 0.717) is 17.8 Å². The number of hydrogen-bond acceptors (Lipinski definition) is 4. The quantitative estimate of drug-likeness (QED) is 0.620. The fourth-order valence-electron chi connectivity index (χ4n) is 1.71. The number of nitro groups is 1. The highest BCUT2D eigenvalue weighted by atomic mass is 16.6. The van der Waals surface area contributed by atoms with Gasteiger partial charge in [-0.05, 0) is 13.1 Å². The lowest BCUT2D eigenvalue weighted by Crippen LogP contribution is -2.05. The van der Waals surface area contributed by atoms with Crippen molar-refractivity contribution >= 4 is 5.69 Å². The molecule has 1 aromatic carbocycles. The minimum absolute atomic E-state index is 0.0779. The van der Waals surface area contributed by atoms with Crippen LogP contribution in [0, 0.1) is 10.1 Å². The fraction of sp³-hybridized carbons (Fsp3) is 0.182. The van der Waals surface area contributed by atoms with E-state index in [2.05, 4.69) is 15.5 Å². The Labute approximate surface area is 97.8 Å². The molecule has 2 aromatic rings. The smallest absolute Gasteiger partial charge is 0.278 e. The minimum atomic E-state index is -0.390. The maximum absolute atomic E-state index is 10.9. The van der Waals surface area contributed by atoms with Crippen LogP contribution in [0.3, 0.4) is 0 Å². The van der Waals surface area contributed by atoms with Gasteiger partial charge >= 0.3 is 0 Å². The number of rotatable bonds is 4. The SMILES string of the molecule is CNCc1cn[nH]c1-c1ccccc1[N+](=O)[O-]. The van der Waals surface area contributed by atoms with Gasteiger partial charge in [0.25, 0.3) is 5.69 Å². The molecule has 17 heavy (non-hydrogen) atoms. The monoisotopic (exact) mass is 232 g/mol. The molecule has 0 bridgehead atoms. The van der Waals surface area contributed by atoms with Gasteiger partial charge in [0, 0.05) is 18.2 Å². The van der Waals surface area contributed by atoms with Crippen LogP contribution in [0.5, 0.6) is 0 Å². The summed E-state index contributed by atoms with van der Waals surface area (Å²) in [7, 11) is 1.82. The van der Waals surface area contributed by atoms with E-state index >= 15 is 0 Å². The molecule has 0 radical (unpaired) electrons. The number of benzene rings is 1. The maximum Gasteiger partial charge on any atom is 0.278 e. The summed E-state index contributed by atoms with van der Waals surface area (Å²) in [6.07, 6.45) is 1.67. The first-order chi connectivity index (χ1) is 8.24. The van der Waals surface area contributed by atoms with E-state index in [0.717, 1.165) is 5.56 Å². The number of H-pyrrole nitrogens is 1. The molecule has 0 saturated heterocycles. The Balaban J connectivity index is 2.52. The Bertz CT molecular complexity index is 536. The standard InChI is InChI=1S/C11H12N4O2/c1-12-6-8-7-13-14-11(8)9-4-2-3-5-10(9)15(16)17/h2-5,7,12H,6H2,1H3,(H,13,14). The summed E-state index contributed by atoms with van der Waals surface area (Å²) in [6.45, 7) is 0.609. The van der Waals surface area contributed by atoms with E-state index in [9.17, 15) is 10.1 Å². The Morgan fingerprint density at radius 3 is 2.94 bits per heavy atom. The molecule has 88 valence electrons. The third-order valence-corrected chi connectivity index (χ3v) is 2.46. The van der Waals surface area contributed by atoms with Gasteiger partial charge in [0.15, 0.2) is 0 Å². The van der Waals surface area contributed by atoms with Crippen LogP contribution in [0.2, 0.25) is 0 Å². The highest BCUT2D eigenvalue weighted by Crippen LogP contribution is 2.30. The first kappa shape index (κ1) is 11.3. The van der Waals surface area contributed by atoms with Crippen molar-refractivity contribution in [3.8, 4) is 11.3 Å². The summed E-state index contributed by atoms with van der Waals surface area (Å²) >= 11 is 0. The van der Waals surface area contributed by atoms with Crippen LogP contribution in [0.25, 0.3) is 11.3 Å². The van der Waals surface area contributed by atoms with Crippen molar-refractivity contribution in [1.29, 1.82) is 0 Å². The molecule has 0 aliphatic carbocycles. The van der Waals surface area contributed by atoms with Gasteiger partial charge in [0.2, 0.25) is 0 Å². The first-order valence-electron chi connectivity index (χ1n) is 5.14. The van der Waals surface area contributed by atoms with Crippen LogP contribution in [0.1, 0.15) is 5.56 Å². The van der Waals surface area contributed by atoms with Crippen LogP contribution >= 0.6 is 0 Å².